The number of likely N-dealkylation sites (N-methyl/N-ethyl adjacent to an activating group) is 1. The van der Waals surface area contributed by atoms with Crippen LogP contribution in [0.2, 0.25) is 5.02 Å². The molecule has 0 radical (unpaired) electrons. The van der Waals surface area contributed by atoms with Gasteiger partial charge in [0.25, 0.3) is 0 Å². The quantitative estimate of drug-likeness (QED) is 0.640. The SMILES string of the molecule is COC(=O)c1ccc(CN(C(=O)N2CC[C@@H](N(C)C)C2)c2cccc(Cl)c2F)c(F)c1. The number of anilines is 1. The van der Waals surface area contributed by atoms with Gasteiger partial charge in [-0.2, -0.15) is 0 Å². The Morgan fingerprint density at radius 3 is 2.58 bits per heavy atom. The molecule has 9 heteroatoms. The standard InChI is InChI=1S/C22H24ClF2N3O3/c1-26(2)16-9-10-27(13-16)22(30)28(19-6-4-5-17(23)20(19)25)12-15-8-7-14(11-18(15)24)21(29)31-3/h4-8,11,16H,9-10,12-13H2,1-3H3/t16-/m1/s1. The molecular formula is C22H24ClF2N3O3. The monoisotopic (exact) mass is 451 g/mol. The third kappa shape index (κ3) is 4.97. The van der Waals surface area contributed by atoms with E-state index in [-0.39, 0.29) is 34.4 Å². The molecule has 0 N–H and O–H groups in total. The van der Waals surface area contributed by atoms with Gasteiger partial charge in [0.2, 0.25) is 0 Å². The van der Waals surface area contributed by atoms with Crippen molar-refractivity contribution in [2.24, 2.45) is 0 Å². The molecule has 0 bridgehead atoms. The van der Waals surface area contributed by atoms with Gasteiger partial charge in [0.1, 0.15) is 5.82 Å². The molecule has 0 aliphatic carbocycles. The van der Waals surface area contributed by atoms with Crippen molar-refractivity contribution in [3.05, 3.63) is 64.2 Å². The first-order valence-electron chi connectivity index (χ1n) is 9.76. The Morgan fingerprint density at radius 2 is 1.97 bits per heavy atom. The Hall–Kier alpha value is -2.71. The van der Waals surface area contributed by atoms with Gasteiger partial charge in [-0.25, -0.2) is 18.4 Å². The molecule has 1 fully saturated rings. The molecule has 2 aromatic carbocycles. The van der Waals surface area contributed by atoms with Gasteiger partial charge in [0.15, 0.2) is 5.82 Å². The number of likely N-dealkylation sites (tertiary alicyclic amines) is 1. The minimum absolute atomic E-state index is 0.0396. The number of halogens is 3. The molecule has 1 heterocycles. The highest BCUT2D eigenvalue weighted by Crippen LogP contribution is 2.29. The highest BCUT2D eigenvalue weighted by Gasteiger charge is 2.32. The van der Waals surface area contributed by atoms with Crippen LogP contribution in [0.15, 0.2) is 36.4 Å². The topological polar surface area (TPSA) is 53.1 Å². The van der Waals surface area contributed by atoms with Gasteiger partial charge in [0, 0.05) is 24.7 Å². The van der Waals surface area contributed by atoms with Gasteiger partial charge in [-0.3, -0.25) is 4.90 Å². The predicted molar refractivity (Wildman–Crippen MR) is 114 cm³/mol. The van der Waals surface area contributed by atoms with E-state index in [1.165, 1.54) is 42.3 Å². The largest absolute Gasteiger partial charge is 0.465 e. The summed E-state index contributed by atoms with van der Waals surface area (Å²) in [7, 11) is 5.07. The zero-order valence-corrected chi connectivity index (χ0v) is 18.3. The summed E-state index contributed by atoms with van der Waals surface area (Å²) in [6.07, 6.45) is 0.785. The number of carbonyl (C=O) groups excluding carboxylic acids is 2. The first-order chi connectivity index (χ1) is 14.7. The Bertz CT molecular complexity index is 986. The number of hydrogen-bond donors (Lipinski definition) is 0. The van der Waals surface area contributed by atoms with Crippen molar-refractivity contribution >= 4 is 29.3 Å². The molecular weight excluding hydrogens is 428 g/mol. The van der Waals surface area contributed by atoms with Crippen LogP contribution >= 0.6 is 11.6 Å². The maximum absolute atomic E-state index is 14.8. The van der Waals surface area contributed by atoms with Crippen molar-refractivity contribution in [3.63, 3.8) is 0 Å². The van der Waals surface area contributed by atoms with E-state index in [1.807, 2.05) is 19.0 Å². The van der Waals surface area contributed by atoms with Crippen LogP contribution in [-0.4, -0.2) is 62.1 Å². The van der Waals surface area contributed by atoms with E-state index in [0.717, 1.165) is 12.5 Å². The normalized spacial score (nSPS) is 16.0. The molecule has 1 saturated heterocycles. The summed E-state index contributed by atoms with van der Waals surface area (Å²) < 4.78 is 34.1. The second-order valence-corrected chi connectivity index (χ2v) is 8.00. The molecule has 1 aliphatic rings. The summed E-state index contributed by atoms with van der Waals surface area (Å²) in [4.78, 5) is 29.8. The van der Waals surface area contributed by atoms with E-state index in [4.69, 9.17) is 11.6 Å². The number of amides is 2. The number of benzene rings is 2. The first-order valence-corrected chi connectivity index (χ1v) is 10.1. The average Bonchev–Trinajstić information content (AvgIpc) is 3.25. The van der Waals surface area contributed by atoms with Gasteiger partial charge in [0.05, 0.1) is 29.9 Å². The zero-order valence-electron chi connectivity index (χ0n) is 17.6. The van der Waals surface area contributed by atoms with E-state index in [1.54, 1.807) is 4.90 Å². The summed E-state index contributed by atoms with van der Waals surface area (Å²) in [6, 6.07) is 7.91. The molecule has 6 nitrogen and oxygen atoms in total. The van der Waals surface area contributed by atoms with Crippen molar-refractivity contribution in [2.75, 3.05) is 39.2 Å². The van der Waals surface area contributed by atoms with Crippen LogP contribution in [0, 0.1) is 11.6 Å². The third-order valence-electron chi connectivity index (χ3n) is 5.42. The van der Waals surface area contributed by atoms with E-state index in [0.29, 0.717) is 13.1 Å². The van der Waals surface area contributed by atoms with Crippen LogP contribution in [0.3, 0.4) is 0 Å². The molecule has 0 saturated carbocycles. The lowest BCUT2D eigenvalue weighted by Crippen LogP contribution is -2.43. The lowest BCUT2D eigenvalue weighted by Gasteiger charge is -2.29. The fraction of sp³-hybridized carbons (Fsp3) is 0.364. The first kappa shape index (κ1) is 23.0. The molecule has 2 amide bonds. The predicted octanol–water partition coefficient (Wildman–Crippen LogP) is 4.17. The van der Waals surface area contributed by atoms with Crippen molar-refractivity contribution < 1.29 is 23.1 Å². The van der Waals surface area contributed by atoms with E-state index in [9.17, 15) is 18.4 Å². The molecule has 0 spiro atoms. The summed E-state index contributed by atoms with van der Waals surface area (Å²) in [5, 5.41) is -0.135. The molecule has 1 atom stereocenters. The number of methoxy groups -OCH3 is 1. The zero-order chi connectivity index (χ0) is 22.7. The Kier molecular flexibility index (Phi) is 7.12. The van der Waals surface area contributed by atoms with Crippen LogP contribution in [0.5, 0.6) is 0 Å². The van der Waals surface area contributed by atoms with Crippen LogP contribution in [0.4, 0.5) is 19.3 Å². The molecule has 0 unspecified atom stereocenters. The summed E-state index contributed by atoms with van der Waals surface area (Å²) >= 11 is 5.93. The summed E-state index contributed by atoms with van der Waals surface area (Å²) in [5.41, 5.74) is 0.134. The molecule has 3 rings (SSSR count). The summed E-state index contributed by atoms with van der Waals surface area (Å²) in [6.45, 7) is 0.755. The van der Waals surface area contributed by atoms with Gasteiger partial charge >= 0.3 is 12.0 Å². The number of nitrogens with zero attached hydrogens (tertiary/aromatic N) is 3. The number of carbonyl (C=O) groups is 2. The van der Waals surface area contributed by atoms with Crippen LogP contribution in [-0.2, 0) is 11.3 Å². The van der Waals surface area contributed by atoms with Crippen molar-refractivity contribution in [2.45, 2.75) is 19.0 Å². The second-order valence-electron chi connectivity index (χ2n) is 7.59. The Labute approximate surface area is 184 Å². The van der Waals surface area contributed by atoms with Crippen LogP contribution in [0.25, 0.3) is 0 Å². The minimum Gasteiger partial charge on any atom is -0.465 e. The lowest BCUT2D eigenvalue weighted by atomic mass is 10.1. The van der Waals surface area contributed by atoms with Gasteiger partial charge in [-0.05, 0) is 44.8 Å². The highest BCUT2D eigenvalue weighted by atomic mass is 35.5. The fourth-order valence-corrected chi connectivity index (χ4v) is 3.72. The number of urea groups is 1. The van der Waals surface area contributed by atoms with E-state index >= 15 is 0 Å². The van der Waals surface area contributed by atoms with E-state index in [2.05, 4.69) is 4.74 Å². The van der Waals surface area contributed by atoms with Crippen LogP contribution in [0.1, 0.15) is 22.3 Å². The van der Waals surface area contributed by atoms with Gasteiger partial charge in [-0.15, -0.1) is 0 Å². The number of esters is 1. The molecule has 2 aromatic rings. The molecule has 166 valence electrons. The molecule has 1 aliphatic heterocycles. The van der Waals surface area contributed by atoms with Gasteiger partial charge < -0.3 is 14.5 Å². The minimum atomic E-state index is -0.757. The average molecular weight is 452 g/mol. The van der Waals surface area contributed by atoms with Crippen molar-refractivity contribution in [3.8, 4) is 0 Å². The lowest BCUT2D eigenvalue weighted by molar-refractivity contribution is 0.0600. The Morgan fingerprint density at radius 1 is 1.23 bits per heavy atom. The number of ether oxygens (including phenoxy) is 1. The number of rotatable bonds is 5. The van der Waals surface area contributed by atoms with Crippen molar-refractivity contribution in [1.29, 1.82) is 0 Å². The fourth-order valence-electron chi connectivity index (χ4n) is 3.56. The second kappa shape index (κ2) is 9.62. The van der Waals surface area contributed by atoms with E-state index < -0.39 is 23.6 Å². The van der Waals surface area contributed by atoms with Gasteiger partial charge in [-0.1, -0.05) is 23.7 Å². The smallest absolute Gasteiger partial charge is 0.337 e. The molecule has 31 heavy (non-hydrogen) atoms. The highest BCUT2D eigenvalue weighted by molar-refractivity contribution is 6.31. The third-order valence-corrected chi connectivity index (χ3v) is 5.71. The Balaban J connectivity index is 1.94. The van der Waals surface area contributed by atoms with Crippen LogP contribution < -0.4 is 4.90 Å². The maximum atomic E-state index is 14.8. The number of hydrogen-bond acceptors (Lipinski definition) is 4. The maximum Gasteiger partial charge on any atom is 0.337 e. The van der Waals surface area contributed by atoms with Crippen molar-refractivity contribution in [1.82, 2.24) is 9.80 Å². The summed E-state index contributed by atoms with van der Waals surface area (Å²) in [5.74, 6) is -2.13. The molecule has 0 aromatic heterocycles.